The van der Waals surface area contributed by atoms with E-state index in [2.05, 4.69) is 37.7 Å². The zero-order valence-corrected chi connectivity index (χ0v) is 23.1. The standard InChI is InChI=1S/C27H42N2O5S/c1-15(2)21-14-28-24(22(21)27(32)34-23-18(6)12-17(5)13-19(23)7)29-25(30)20(8)35-11-9-10-33-26(31)16(3)4/h14-15,17-20,23,28H,3,9-13H2,1-2,4-8H3,(H,29,30). The Labute approximate surface area is 214 Å². The van der Waals surface area contributed by atoms with Gasteiger partial charge in [0.2, 0.25) is 5.91 Å². The Morgan fingerprint density at radius 2 is 1.80 bits per heavy atom. The Bertz CT molecular complexity index is 897. The van der Waals surface area contributed by atoms with Crippen molar-refractivity contribution >= 4 is 35.4 Å². The number of H-pyrrole nitrogens is 1. The molecule has 0 radical (unpaired) electrons. The molecule has 3 atom stereocenters. The van der Waals surface area contributed by atoms with Gasteiger partial charge < -0.3 is 19.8 Å². The Kier molecular flexibility index (Phi) is 10.9. The van der Waals surface area contributed by atoms with Crippen LogP contribution < -0.4 is 5.32 Å². The summed E-state index contributed by atoms with van der Waals surface area (Å²) in [6, 6.07) is 0. The first-order chi connectivity index (χ1) is 16.4. The maximum atomic E-state index is 13.3. The lowest BCUT2D eigenvalue weighted by Gasteiger charge is -2.37. The molecule has 0 spiro atoms. The number of carbonyl (C=O) groups excluding carboxylic acids is 3. The summed E-state index contributed by atoms with van der Waals surface area (Å²) in [7, 11) is 0. The van der Waals surface area contributed by atoms with Crippen LogP contribution >= 0.6 is 11.8 Å². The van der Waals surface area contributed by atoms with Crippen molar-refractivity contribution < 1.29 is 23.9 Å². The highest BCUT2D eigenvalue weighted by atomic mass is 32.2. The minimum absolute atomic E-state index is 0.0920. The lowest BCUT2D eigenvalue weighted by Crippen LogP contribution is -2.37. The summed E-state index contributed by atoms with van der Waals surface area (Å²) in [6.45, 7) is 17.8. The third-order valence-corrected chi connectivity index (χ3v) is 7.74. The highest BCUT2D eigenvalue weighted by molar-refractivity contribution is 8.00. The van der Waals surface area contributed by atoms with Crippen LogP contribution in [0.5, 0.6) is 0 Å². The summed E-state index contributed by atoms with van der Waals surface area (Å²) in [5.74, 6) is 1.36. The number of nitrogens with one attached hydrogen (secondary N) is 2. The van der Waals surface area contributed by atoms with Crippen molar-refractivity contribution in [1.29, 1.82) is 0 Å². The molecule has 35 heavy (non-hydrogen) atoms. The van der Waals surface area contributed by atoms with Gasteiger partial charge in [0.05, 0.1) is 11.9 Å². The van der Waals surface area contributed by atoms with Crippen molar-refractivity contribution in [2.24, 2.45) is 17.8 Å². The van der Waals surface area contributed by atoms with Crippen molar-refractivity contribution in [3.05, 3.63) is 29.5 Å². The van der Waals surface area contributed by atoms with Crippen LogP contribution in [0.1, 0.15) is 89.6 Å². The number of ether oxygens (including phenoxy) is 2. The SMILES string of the molecule is C=C(C)C(=O)OCCCSC(C)C(=O)Nc1[nH]cc(C(C)C)c1C(=O)OC1C(C)CC(C)CC1C. The lowest BCUT2D eigenvalue weighted by atomic mass is 9.75. The topological polar surface area (TPSA) is 97.5 Å². The predicted octanol–water partition coefficient (Wildman–Crippen LogP) is 5.94. The number of hydrogen-bond donors (Lipinski definition) is 2. The molecule has 196 valence electrons. The van der Waals surface area contributed by atoms with E-state index >= 15 is 0 Å². The molecular weight excluding hydrogens is 464 g/mol. The van der Waals surface area contributed by atoms with E-state index in [4.69, 9.17) is 9.47 Å². The Morgan fingerprint density at radius 1 is 1.17 bits per heavy atom. The Morgan fingerprint density at radius 3 is 2.37 bits per heavy atom. The number of aromatic amines is 1. The molecule has 0 aromatic carbocycles. The number of hydrogen-bond acceptors (Lipinski definition) is 6. The first-order valence-corrected chi connectivity index (χ1v) is 13.6. The third-order valence-electron chi connectivity index (χ3n) is 6.51. The van der Waals surface area contributed by atoms with E-state index in [0.29, 0.717) is 46.9 Å². The first kappa shape index (κ1) is 29.0. The number of thioether (sulfide) groups is 1. The molecular formula is C27H42N2O5S. The number of carbonyl (C=O) groups is 3. The van der Waals surface area contributed by atoms with Gasteiger partial charge in [-0.05, 0) is 68.1 Å². The summed E-state index contributed by atoms with van der Waals surface area (Å²) in [5, 5.41) is 2.55. The number of amides is 1. The van der Waals surface area contributed by atoms with Gasteiger partial charge in [-0.25, -0.2) is 9.59 Å². The Balaban J connectivity index is 2.01. The van der Waals surface area contributed by atoms with E-state index in [0.717, 1.165) is 18.4 Å². The average molecular weight is 507 g/mol. The maximum Gasteiger partial charge on any atom is 0.342 e. The molecule has 1 aromatic rings. The van der Waals surface area contributed by atoms with Crippen LogP contribution in [0.4, 0.5) is 5.82 Å². The molecule has 1 aromatic heterocycles. The molecule has 1 saturated carbocycles. The molecule has 2 N–H and O–H groups in total. The quantitative estimate of drug-likeness (QED) is 0.219. The minimum Gasteiger partial charge on any atom is -0.462 e. The fourth-order valence-electron chi connectivity index (χ4n) is 4.73. The number of anilines is 1. The molecule has 1 fully saturated rings. The largest absolute Gasteiger partial charge is 0.462 e. The van der Waals surface area contributed by atoms with Crippen LogP contribution in [0.3, 0.4) is 0 Å². The molecule has 8 heteroatoms. The van der Waals surface area contributed by atoms with Crippen LogP contribution in [0.2, 0.25) is 0 Å². The van der Waals surface area contributed by atoms with Gasteiger partial charge in [-0.15, -0.1) is 11.8 Å². The zero-order valence-electron chi connectivity index (χ0n) is 22.2. The van der Waals surface area contributed by atoms with E-state index in [-0.39, 0.29) is 35.8 Å². The second-order valence-electron chi connectivity index (χ2n) is 10.3. The van der Waals surface area contributed by atoms with Gasteiger partial charge in [0.25, 0.3) is 0 Å². The molecule has 1 aliphatic carbocycles. The van der Waals surface area contributed by atoms with Gasteiger partial charge in [-0.2, -0.15) is 0 Å². The van der Waals surface area contributed by atoms with Crippen molar-refractivity contribution in [3.8, 4) is 0 Å². The number of rotatable bonds is 11. The lowest BCUT2D eigenvalue weighted by molar-refractivity contribution is -0.138. The van der Waals surface area contributed by atoms with Gasteiger partial charge in [-0.3, -0.25) is 4.79 Å². The third kappa shape index (κ3) is 8.16. The molecule has 0 bridgehead atoms. The van der Waals surface area contributed by atoms with Gasteiger partial charge in [0, 0.05) is 11.8 Å². The van der Waals surface area contributed by atoms with Crippen molar-refractivity contribution in [2.45, 2.75) is 85.0 Å². The number of aromatic nitrogens is 1. The second kappa shape index (κ2) is 13.2. The number of esters is 2. The normalized spacial score (nSPS) is 23.0. The molecule has 3 unspecified atom stereocenters. The van der Waals surface area contributed by atoms with Crippen LogP contribution in [0.25, 0.3) is 0 Å². The van der Waals surface area contributed by atoms with Gasteiger partial charge in [0.1, 0.15) is 17.5 Å². The van der Waals surface area contributed by atoms with Crippen molar-refractivity contribution in [2.75, 3.05) is 17.7 Å². The van der Waals surface area contributed by atoms with Crippen LogP contribution in [-0.4, -0.2) is 46.5 Å². The summed E-state index contributed by atoms with van der Waals surface area (Å²) >= 11 is 1.46. The average Bonchev–Trinajstić information content (AvgIpc) is 3.19. The minimum atomic E-state index is -0.403. The smallest absolute Gasteiger partial charge is 0.342 e. The van der Waals surface area contributed by atoms with E-state index in [9.17, 15) is 14.4 Å². The fourth-order valence-corrected chi connectivity index (χ4v) is 5.58. The van der Waals surface area contributed by atoms with Crippen LogP contribution in [0, 0.1) is 17.8 Å². The van der Waals surface area contributed by atoms with Crippen molar-refractivity contribution in [1.82, 2.24) is 4.98 Å². The first-order valence-electron chi connectivity index (χ1n) is 12.6. The fraction of sp³-hybridized carbons (Fsp3) is 0.667. The summed E-state index contributed by atoms with van der Waals surface area (Å²) in [4.78, 5) is 40.7. The summed E-state index contributed by atoms with van der Waals surface area (Å²) < 4.78 is 11.1. The van der Waals surface area contributed by atoms with Crippen LogP contribution in [0.15, 0.2) is 18.3 Å². The van der Waals surface area contributed by atoms with Gasteiger partial charge in [0.15, 0.2) is 0 Å². The summed E-state index contributed by atoms with van der Waals surface area (Å²) in [6.07, 6.45) is 4.36. The summed E-state index contributed by atoms with van der Waals surface area (Å²) in [5.41, 5.74) is 1.61. The highest BCUT2D eigenvalue weighted by Crippen LogP contribution is 2.36. The second-order valence-corrected chi connectivity index (χ2v) is 11.8. The molecule has 7 nitrogen and oxygen atoms in total. The van der Waals surface area contributed by atoms with E-state index < -0.39 is 5.97 Å². The van der Waals surface area contributed by atoms with E-state index in [1.165, 1.54) is 11.8 Å². The van der Waals surface area contributed by atoms with Gasteiger partial charge >= 0.3 is 11.9 Å². The highest BCUT2D eigenvalue weighted by Gasteiger charge is 2.35. The maximum absolute atomic E-state index is 13.3. The molecule has 1 amide bonds. The zero-order chi connectivity index (χ0) is 26.3. The molecule has 0 saturated heterocycles. The molecule has 0 aliphatic heterocycles. The molecule has 2 rings (SSSR count). The van der Waals surface area contributed by atoms with Crippen LogP contribution in [-0.2, 0) is 19.1 Å². The Hall–Kier alpha value is -2.22. The molecule has 1 heterocycles. The predicted molar refractivity (Wildman–Crippen MR) is 142 cm³/mol. The van der Waals surface area contributed by atoms with E-state index in [1.54, 1.807) is 13.1 Å². The van der Waals surface area contributed by atoms with Gasteiger partial charge in [-0.1, -0.05) is 41.2 Å². The molecule has 1 aliphatic rings. The van der Waals surface area contributed by atoms with Crippen molar-refractivity contribution in [3.63, 3.8) is 0 Å². The van der Waals surface area contributed by atoms with E-state index in [1.807, 2.05) is 20.8 Å². The monoisotopic (exact) mass is 506 g/mol.